The number of ketones is 1. The average Bonchev–Trinajstić information content (AvgIpc) is 2.00. The van der Waals surface area contributed by atoms with E-state index in [0.29, 0.717) is 0 Å². The number of carbonyl (C=O) groups excluding carboxylic acids is 1. The summed E-state index contributed by atoms with van der Waals surface area (Å²) in [6.45, 7) is 4.00. The van der Waals surface area contributed by atoms with Gasteiger partial charge in [-0.1, -0.05) is 26.7 Å². The Morgan fingerprint density at radius 3 is 2.73 bits per heavy atom. The van der Waals surface area contributed by atoms with Gasteiger partial charge in [0.05, 0.1) is 12.5 Å². The summed E-state index contributed by atoms with van der Waals surface area (Å²) in [7, 11) is 0. The fourth-order valence-electron chi connectivity index (χ4n) is 0.923. The summed E-state index contributed by atoms with van der Waals surface area (Å²) in [6, 6.07) is 1.88. The molecule has 0 aliphatic carbocycles. The number of nitriles is 1. The quantitative estimate of drug-likeness (QED) is 0.608. The van der Waals surface area contributed by atoms with Crippen LogP contribution < -0.4 is 0 Å². The zero-order chi connectivity index (χ0) is 8.69. The van der Waals surface area contributed by atoms with E-state index in [9.17, 15) is 4.79 Å². The zero-order valence-electron chi connectivity index (χ0n) is 7.26. The third-order valence-corrected chi connectivity index (χ3v) is 1.79. The van der Waals surface area contributed by atoms with Gasteiger partial charge in [-0.2, -0.15) is 5.26 Å². The molecule has 0 aromatic carbocycles. The summed E-state index contributed by atoms with van der Waals surface area (Å²) in [4.78, 5) is 11.0. The third kappa shape index (κ3) is 4.55. The first-order valence-corrected chi connectivity index (χ1v) is 4.12. The van der Waals surface area contributed by atoms with Crippen LogP contribution in [0.1, 0.15) is 39.5 Å². The van der Waals surface area contributed by atoms with Crippen LogP contribution in [0.4, 0.5) is 0 Å². The predicted molar refractivity (Wildman–Crippen MR) is 43.9 cm³/mol. The number of hydrogen-bond donors (Lipinski definition) is 0. The van der Waals surface area contributed by atoms with Crippen LogP contribution >= 0.6 is 0 Å². The van der Waals surface area contributed by atoms with Gasteiger partial charge < -0.3 is 0 Å². The van der Waals surface area contributed by atoms with Crippen molar-refractivity contribution in [3.05, 3.63) is 0 Å². The van der Waals surface area contributed by atoms with Gasteiger partial charge >= 0.3 is 0 Å². The van der Waals surface area contributed by atoms with E-state index in [2.05, 4.69) is 6.92 Å². The SMILES string of the molecule is CCCCC(C)C(=O)CC#N. The van der Waals surface area contributed by atoms with Crippen molar-refractivity contribution in [2.75, 3.05) is 0 Å². The Hall–Kier alpha value is -0.840. The fraction of sp³-hybridized carbons (Fsp3) is 0.778. The standard InChI is InChI=1S/C9H15NO/c1-3-4-5-8(2)9(11)6-7-10/h8H,3-6H2,1-2H3. The minimum Gasteiger partial charge on any atom is -0.298 e. The molecule has 0 heterocycles. The Bertz CT molecular complexity index is 157. The van der Waals surface area contributed by atoms with Crippen LogP contribution in [0.15, 0.2) is 0 Å². The molecule has 1 unspecified atom stereocenters. The Morgan fingerprint density at radius 1 is 1.64 bits per heavy atom. The maximum atomic E-state index is 11.0. The number of unbranched alkanes of at least 4 members (excludes halogenated alkanes) is 1. The second kappa shape index (κ2) is 5.91. The first kappa shape index (κ1) is 10.2. The third-order valence-electron chi connectivity index (χ3n) is 1.79. The largest absolute Gasteiger partial charge is 0.298 e. The van der Waals surface area contributed by atoms with Gasteiger partial charge in [0.2, 0.25) is 0 Å². The molecule has 0 aromatic heterocycles. The number of hydrogen-bond acceptors (Lipinski definition) is 2. The van der Waals surface area contributed by atoms with Crippen molar-refractivity contribution in [2.24, 2.45) is 5.92 Å². The molecule has 0 rings (SSSR count). The van der Waals surface area contributed by atoms with Gasteiger partial charge in [-0.05, 0) is 6.42 Å². The van der Waals surface area contributed by atoms with E-state index in [1.807, 2.05) is 13.0 Å². The summed E-state index contributed by atoms with van der Waals surface area (Å²) in [5.74, 6) is 0.163. The van der Waals surface area contributed by atoms with Gasteiger partial charge in [-0.3, -0.25) is 4.79 Å². The lowest BCUT2D eigenvalue weighted by atomic mass is 9.98. The van der Waals surface area contributed by atoms with Crippen molar-refractivity contribution in [3.63, 3.8) is 0 Å². The van der Waals surface area contributed by atoms with Crippen LogP contribution in [0.2, 0.25) is 0 Å². The molecule has 1 atom stereocenters. The Labute approximate surface area is 68.2 Å². The summed E-state index contributed by atoms with van der Waals surface area (Å²) >= 11 is 0. The van der Waals surface area contributed by atoms with Crippen LogP contribution in [0.25, 0.3) is 0 Å². The molecule has 2 nitrogen and oxygen atoms in total. The fourth-order valence-corrected chi connectivity index (χ4v) is 0.923. The molecule has 0 spiro atoms. The first-order valence-electron chi connectivity index (χ1n) is 4.12. The van der Waals surface area contributed by atoms with E-state index in [0.717, 1.165) is 19.3 Å². The second-order valence-electron chi connectivity index (χ2n) is 2.84. The highest BCUT2D eigenvalue weighted by molar-refractivity contribution is 5.82. The summed E-state index contributed by atoms with van der Waals surface area (Å²) < 4.78 is 0. The number of rotatable bonds is 5. The molecule has 0 N–H and O–H groups in total. The molecular weight excluding hydrogens is 138 g/mol. The van der Waals surface area contributed by atoms with Gasteiger partial charge in [0.25, 0.3) is 0 Å². The molecule has 0 radical (unpaired) electrons. The van der Waals surface area contributed by atoms with Crippen LogP contribution in [0.3, 0.4) is 0 Å². The lowest BCUT2D eigenvalue weighted by Crippen LogP contribution is -2.09. The molecule has 0 saturated heterocycles. The van der Waals surface area contributed by atoms with Crippen molar-refractivity contribution < 1.29 is 4.79 Å². The van der Waals surface area contributed by atoms with E-state index in [1.54, 1.807) is 0 Å². The normalized spacial score (nSPS) is 12.1. The number of Topliss-reactive ketones (excluding diaryl/α,β-unsaturated/α-hetero) is 1. The van der Waals surface area contributed by atoms with Crippen molar-refractivity contribution in [2.45, 2.75) is 39.5 Å². The lowest BCUT2D eigenvalue weighted by Gasteiger charge is -2.05. The minimum absolute atomic E-state index is 0.0743. The minimum atomic E-state index is 0.0743. The highest BCUT2D eigenvalue weighted by Gasteiger charge is 2.10. The highest BCUT2D eigenvalue weighted by Crippen LogP contribution is 2.09. The molecule has 0 fully saturated rings. The van der Waals surface area contributed by atoms with E-state index in [1.165, 1.54) is 0 Å². The monoisotopic (exact) mass is 153 g/mol. The summed E-state index contributed by atoms with van der Waals surface area (Å²) in [5, 5.41) is 8.24. The van der Waals surface area contributed by atoms with E-state index < -0.39 is 0 Å². The van der Waals surface area contributed by atoms with Crippen LogP contribution in [-0.4, -0.2) is 5.78 Å². The molecule has 0 aliphatic heterocycles. The number of nitrogens with zero attached hydrogens (tertiary/aromatic N) is 1. The molecule has 2 heteroatoms. The van der Waals surface area contributed by atoms with Crippen molar-refractivity contribution in [1.29, 1.82) is 5.26 Å². The molecular formula is C9H15NO. The van der Waals surface area contributed by atoms with E-state index in [4.69, 9.17) is 5.26 Å². The first-order chi connectivity index (χ1) is 5.22. The highest BCUT2D eigenvalue weighted by atomic mass is 16.1. The molecule has 0 bridgehead atoms. The van der Waals surface area contributed by atoms with Gasteiger partial charge in [0.15, 0.2) is 0 Å². The molecule has 0 saturated carbocycles. The predicted octanol–water partition coefficient (Wildman–Crippen LogP) is 2.30. The van der Waals surface area contributed by atoms with Crippen LogP contribution in [0.5, 0.6) is 0 Å². The Morgan fingerprint density at radius 2 is 2.27 bits per heavy atom. The molecule has 62 valence electrons. The second-order valence-corrected chi connectivity index (χ2v) is 2.84. The Kier molecular flexibility index (Phi) is 5.46. The van der Waals surface area contributed by atoms with Gasteiger partial charge in [-0.25, -0.2) is 0 Å². The molecule has 11 heavy (non-hydrogen) atoms. The topological polar surface area (TPSA) is 40.9 Å². The zero-order valence-corrected chi connectivity index (χ0v) is 7.26. The van der Waals surface area contributed by atoms with Crippen molar-refractivity contribution >= 4 is 5.78 Å². The van der Waals surface area contributed by atoms with Gasteiger partial charge in [0.1, 0.15) is 5.78 Å². The molecule has 0 aliphatic rings. The maximum absolute atomic E-state index is 11.0. The maximum Gasteiger partial charge on any atom is 0.149 e. The molecule has 0 aromatic rings. The van der Waals surface area contributed by atoms with Crippen LogP contribution in [-0.2, 0) is 4.79 Å². The van der Waals surface area contributed by atoms with Gasteiger partial charge in [-0.15, -0.1) is 0 Å². The Balaban J connectivity index is 3.57. The average molecular weight is 153 g/mol. The van der Waals surface area contributed by atoms with E-state index in [-0.39, 0.29) is 18.1 Å². The summed E-state index contributed by atoms with van der Waals surface area (Å²) in [6.07, 6.45) is 3.20. The summed E-state index contributed by atoms with van der Waals surface area (Å²) in [5.41, 5.74) is 0. The number of carbonyl (C=O) groups is 1. The van der Waals surface area contributed by atoms with Crippen LogP contribution in [0, 0.1) is 17.2 Å². The smallest absolute Gasteiger partial charge is 0.149 e. The van der Waals surface area contributed by atoms with Crippen molar-refractivity contribution in [1.82, 2.24) is 0 Å². The van der Waals surface area contributed by atoms with Crippen molar-refractivity contribution in [3.8, 4) is 6.07 Å². The lowest BCUT2D eigenvalue weighted by molar-refractivity contribution is -0.121. The van der Waals surface area contributed by atoms with E-state index >= 15 is 0 Å². The molecule has 0 amide bonds. The van der Waals surface area contributed by atoms with Gasteiger partial charge in [0, 0.05) is 5.92 Å².